The number of anilines is 1. The van der Waals surface area contributed by atoms with E-state index in [2.05, 4.69) is 4.98 Å². The maximum absolute atomic E-state index is 12.5. The van der Waals surface area contributed by atoms with Crippen molar-refractivity contribution in [2.45, 2.75) is 32.8 Å². The number of nitrogens with zero attached hydrogens (tertiary/aromatic N) is 3. The van der Waals surface area contributed by atoms with Crippen molar-refractivity contribution in [2.75, 3.05) is 30.2 Å². The first kappa shape index (κ1) is 20.6. The Morgan fingerprint density at radius 1 is 1.29 bits per heavy atom. The van der Waals surface area contributed by atoms with Crippen LogP contribution >= 0.6 is 11.3 Å². The number of rotatable bonds is 6. The van der Waals surface area contributed by atoms with E-state index in [0.717, 1.165) is 22.6 Å². The number of sulfonamides is 1. The predicted molar refractivity (Wildman–Crippen MR) is 111 cm³/mol. The summed E-state index contributed by atoms with van der Waals surface area (Å²) in [6.45, 7) is 4.90. The van der Waals surface area contributed by atoms with Gasteiger partial charge < -0.3 is 9.64 Å². The van der Waals surface area contributed by atoms with Crippen molar-refractivity contribution < 1.29 is 17.9 Å². The van der Waals surface area contributed by atoms with Crippen LogP contribution in [0.2, 0.25) is 0 Å². The van der Waals surface area contributed by atoms with Gasteiger partial charge in [-0.1, -0.05) is 0 Å². The number of thiophene rings is 1. The van der Waals surface area contributed by atoms with Gasteiger partial charge in [0, 0.05) is 43.9 Å². The van der Waals surface area contributed by atoms with Crippen molar-refractivity contribution in [1.82, 2.24) is 9.88 Å². The maximum atomic E-state index is 12.5. The number of piperidine rings is 1. The summed E-state index contributed by atoms with van der Waals surface area (Å²) in [5.41, 5.74) is 0.501. The van der Waals surface area contributed by atoms with E-state index in [4.69, 9.17) is 4.74 Å². The lowest BCUT2D eigenvalue weighted by molar-refractivity contribution is 0.0592. The van der Waals surface area contributed by atoms with Crippen LogP contribution in [0.3, 0.4) is 0 Å². The van der Waals surface area contributed by atoms with Gasteiger partial charge in [0.2, 0.25) is 15.9 Å². The van der Waals surface area contributed by atoms with Crippen LogP contribution in [0.15, 0.2) is 30.5 Å². The van der Waals surface area contributed by atoms with Gasteiger partial charge in [-0.2, -0.15) is 0 Å². The van der Waals surface area contributed by atoms with Crippen molar-refractivity contribution >= 4 is 33.0 Å². The second-order valence-electron chi connectivity index (χ2n) is 6.74. The zero-order valence-electron chi connectivity index (χ0n) is 16.3. The van der Waals surface area contributed by atoms with Crippen molar-refractivity contribution in [3.8, 4) is 5.88 Å². The van der Waals surface area contributed by atoms with Crippen LogP contribution in [0.4, 0.5) is 5.69 Å². The molecule has 152 valence electrons. The number of hydrogen-bond acceptors (Lipinski definition) is 6. The Labute approximate surface area is 170 Å². The van der Waals surface area contributed by atoms with Crippen LogP contribution in [0.1, 0.15) is 34.3 Å². The van der Waals surface area contributed by atoms with Gasteiger partial charge in [0.05, 0.1) is 22.5 Å². The molecule has 0 spiro atoms. The molecule has 1 aliphatic rings. The van der Waals surface area contributed by atoms with E-state index in [0.29, 0.717) is 24.7 Å². The highest BCUT2D eigenvalue weighted by Gasteiger charge is 2.25. The predicted octanol–water partition coefficient (Wildman–Crippen LogP) is 2.92. The van der Waals surface area contributed by atoms with Gasteiger partial charge in [-0.05, 0) is 32.0 Å². The van der Waals surface area contributed by atoms with E-state index in [1.165, 1.54) is 28.9 Å². The number of hydrogen-bond donors (Lipinski definition) is 0. The first-order valence-corrected chi connectivity index (χ1v) is 11.7. The average Bonchev–Trinajstić information content (AvgIpc) is 3.14. The highest BCUT2D eigenvalue weighted by atomic mass is 32.2. The summed E-state index contributed by atoms with van der Waals surface area (Å²) < 4.78 is 31.0. The van der Waals surface area contributed by atoms with E-state index in [1.807, 2.05) is 24.0 Å². The number of pyridine rings is 1. The number of carbonyl (C=O) groups excluding carboxylic acids is 1. The lowest BCUT2D eigenvalue weighted by Crippen LogP contribution is -2.41. The molecule has 0 atom stereocenters. The van der Waals surface area contributed by atoms with E-state index >= 15 is 0 Å². The third-order valence-corrected chi connectivity index (χ3v) is 7.60. The van der Waals surface area contributed by atoms with Gasteiger partial charge in [-0.3, -0.25) is 9.10 Å². The second-order valence-corrected chi connectivity index (χ2v) is 10.3. The minimum absolute atomic E-state index is 0.00965. The van der Waals surface area contributed by atoms with Crippen molar-refractivity contribution in [2.24, 2.45) is 0 Å². The summed E-state index contributed by atoms with van der Waals surface area (Å²) in [6.07, 6.45) is 2.97. The van der Waals surface area contributed by atoms with Gasteiger partial charge in [0.15, 0.2) is 0 Å². The maximum Gasteiger partial charge on any atom is 0.263 e. The molecule has 0 bridgehead atoms. The smallest absolute Gasteiger partial charge is 0.263 e. The van der Waals surface area contributed by atoms with Gasteiger partial charge >= 0.3 is 0 Å². The highest BCUT2D eigenvalue weighted by molar-refractivity contribution is 7.92. The molecule has 0 unspecified atom stereocenters. The minimum atomic E-state index is -3.31. The molecule has 28 heavy (non-hydrogen) atoms. The summed E-state index contributed by atoms with van der Waals surface area (Å²) in [5.74, 6) is 0.577. The van der Waals surface area contributed by atoms with Gasteiger partial charge in [0.1, 0.15) is 6.10 Å². The SMILES string of the molecule is CCS(=O)(=O)N(C)c1ccc(OC2CCN(C(=O)c3ccc(C)s3)CC2)nc1. The quantitative estimate of drug-likeness (QED) is 0.714. The van der Waals surface area contributed by atoms with Crippen LogP contribution in [-0.4, -0.2) is 56.2 Å². The fourth-order valence-electron chi connectivity index (χ4n) is 3.04. The van der Waals surface area contributed by atoms with E-state index in [9.17, 15) is 13.2 Å². The molecular formula is C19H25N3O4S2. The molecule has 0 radical (unpaired) electrons. The Morgan fingerprint density at radius 3 is 2.54 bits per heavy atom. The highest BCUT2D eigenvalue weighted by Crippen LogP contribution is 2.23. The lowest BCUT2D eigenvalue weighted by Gasteiger charge is -2.31. The topological polar surface area (TPSA) is 79.8 Å². The molecule has 3 rings (SSSR count). The summed E-state index contributed by atoms with van der Waals surface area (Å²) in [7, 11) is -1.80. The van der Waals surface area contributed by atoms with Crippen molar-refractivity contribution in [1.29, 1.82) is 0 Å². The molecular weight excluding hydrogens is 398 g/mol. The van der Waals surface area contributed by atoms with Gasteiger partial charge in [0.25, 0.3) is 5.91 Å². The molecule has 1 fully saturated rings. The Hall–Kier alpha value is -2.13. The number of amides is 1. The molecule has 1 aliphatic heterocycles. The number of carbonyl (C=O) groups is 1. The van der Waals surface area contributed by atoms with E-state index < -0.39 is 10.0 Å². The Kier molecular flexibility index (Phi) is 6.24. The summed E-state index contributed by atoms with van der Waals surface area (Å²) >= 11 is 1.52. The first-order chi connectivity index (χ1) is 13.3. The molecule has 7 nitrogen and oxygen atoms in total. The molecule has 1 saturated heterocycles. The van der Waals surface area contributed by atoms with E-state index in [1.54, 1.807) is 19.1 Å². The number of aromatic nitrogens is 1. The fraction of sp³-hybridized carbons (Fsp3) is 0.474. The Balaban J connectivity index is 1.54. The van der Waals surface area contributed by atoms with Crippen molar-refractivity contribution in [3.05, 3.63) is 40.2 Å². The Morgan fingerprint density at radius 2 is 2.00 bits per heavy atom. The van der Waals surface area contributed by atoms with Crippen LogP contribution in [0.25, 0.3) is 0 Å². The molecule has 0 saturated carbocycles. The number of aryl methyl sites for hydroxylation is 1. The molecule has 9 heteroatoms. The zero-order chi connectivity index (χ0) is 20.3. The van der Waals surface area contributed by atoms with Crippen LogP contribution in [0.5, 0.6) is 5.88 Å². The minimum Gasteiger partial charge on any atom is -0.474 e. The molecule has 0 aliphatic carbocycles. The third-order valence-electron chi connectivity index (χ3n) is 4.83. The summed E-state index contributed by atoms with van der Waals surface area (Å²) in [4.78, 5) is 20.5. The van der Waals surface area contributed by atoms with Gasteiger partial charge in [-0.15, -0.1) is 11.3 Å². The van der Waals surface area contributed by atoms with Crippen LogP contribution < -0.4 is 9.04 Å². The monoisotopic (exact) mass is 423 g/mol. The third kappa shape index (κ3) is 4.64. The standard InChI is InChI=1S/C19H25N3O4S2/c1-4-28(24,25)21(3)15-6-8-18(20-13-15)26-16-9-11-22(12-10-16)19(23)17-7-5-14(2)27-17/h5-8,13,16H,4,9-12H2,1-3H3. The summed E-state index contributed by atoms with van der Waals surface area (Å²) in [5, 5.41) is 0. The average molecular weight is 424 g/mol. The van der Waals surface area contributed by atoms with Crippen LogP contribution in [0, 0.1) is 6.92 Å². The largest absolute Gasteiger partial charge is 0.474 e. The number of ether oxygens (including phenoxy) is 1. The first-order valence-electron chi connectivity index (χ1n) is 9.25. The fourth-order valence-corrected chi connectivity index (χ4v) is 4.69. The molecule has 0 aromatic carbocycles. The molecule has 2 aromatic rings. The number of likely N-dealkylation sites (tertiary alicyclic amines) is 1. The van der Waals surface area contributed by atoms with Crippen molar-refractivity contribution in [3.63, 3.8) is 0 Å². The summed E-state index contributed by atoms with van der Waals surface area (Å²) in [6, 6.07) is 7.22. The second kappa shape index (κ2) is 8.48. The lowest BCUT2D eigenvalue weighted by atomic mass is 10.1. The molecule has 1 amide bonds. The Bertz CT molecular complexity index is 917. The van der Waals surface area contributed by atoms with Crippen LogP contribution in [-0.2, 0) is 10.0 Å². The molecule has 0 N–H and O–H groups in total. The zero-order valence-corrected chi connectivity index (χ0v) is 17.9. The van der Waals surface area contributed by atoms with E-state index in [-0.39, 0.29) is 17.8 Å². The normalized spacial score (nSPS) is 15.5. The molecule has 3 heterocycles. The van der Waals surface area contributed by atoms with Gasteiger partial charge in [-0.25, -0.2) is 13.4 Å². The molecule has 2 aromatic heterocycles.